The molecule has 3 atom stereocenters. The molecule has 0 nitrogen and oxygen atoms in total. The summed E-state index contributed by atoms with van der Waals surface area (Å²) in [6.45, 7) is 9.58. The SMILES string of the molecule is CCC(C)(CC)C1CCC2C=C(C)C21. The highest BCUT2D eigenvalue weighted by molar-refractivity contribution is 5.25. The summed E-state index contributed by atoms with van der Waals surface area (Å²) in [5.74, 6) is 2.89. The largest absolute Gasteiger partial charge is 0.0816 e. The molecule has 0 aliphatic heterocycles. The molecule has 0 heteroatoms. The molecule has 2 aliphatic rings. The van der Waals surface area contributed by atoms with E-state index >= 15 is 0 Å². The normalized spacial score (nSPS) is 36.3. The van der Waals surface area contributed by atoms with Crippen LogP contribution < -0.4 is 0 Å². The molecular formula is C14H24. The van der Waals surface area contributed by atoms with Crippen molar-refractivity contribution in [2.75, 3.05) is 0 Å². The molecule has 0 heterocycles. The van der Waals surface area contributed by atoms with Crippen molar-refractivity contribution < 1.29 is 0 Å². The van der Waals surface area contributed by atoms with Crippen LogP contribution in [0.1, 0.15) is 53.4 Å². The lowest BCUT2D eigenvalue weighted by atomic mass is 9.63. The second kappa shape index (κ2) is 3.40. The van der Waals surface area contributed by atoms with Gasteiger partial charge >= 0.3 is 0 Å². The Hall–Kier alpha value is -0.260. The van der Waals surface area contributed by atoms with Crippen LogP contribution in [0.2, 0.25) is 0 Å². The molecule has 0 bridgehead atoms. The summed E-state index contributed by atoms with van der Waals surface area (Å²) < 4.78 is 0. The molecule has 1 fully saturated rings. The lowest BCUT2D eigenvalue weighted by Gasteiger charge is -2.42. The Morgan fingerprint density at radius 1 is 1.29 bits per heavy atom. The third-order valence-electron chi connectivity index (χ3n) is 5.22. The van der Waals surface area contributed by atoms with Crippen molar-refractivity contribution in [1.29, 1.82) is 0 Å². The monoisotopic (exact) mass is 192 g/mol. The molecule has 2 aliphatic carbocycles. The van der Waals surface area contributed by atoms with E-state index < -0.39 is 0 Å². The van der Waals surface area contributed by atoms with E-state index in [9.17, 15) is 0 Å². The van der Waals surface area contributed by atoms with Gasteiger partial charge in [-0.2, -0.15) is 0 Å². The maximum atomic E-state index is 2.51. The molecule has 0 amide bonds. The highest BCUT2D eigenvalue weighted by atomic mass is 14.5. The molecular weight excluding hydrogens is 168 g/mol. The molecule has 2 rings (SSSR count). The number of hydrogen-bond donors (Lipinski definition) is 0. The summed E-state index contributed by atoms with van der Waals surface area (Å²) in [4.78, 5) is 0. The molecule has 14 heavy (non-hydrogen) atoms. The maximum Gasteiger partial charge on any atom is -0.0109 e. The first-order chi connectivity index (χ1) is 6.62. The van der Waals surface area contributed by atoms with Crippen molar-refractivity contribution >= 4 is 0 Å². The molecule has 0 aromatic rings. The van der Waals surface area contributed by atoms with Crippen LogP contribution in [0.25, 0.3) is 0 Å². The van der Waals surface area contributed by atoms with Gasteiger partial charge in [0.15, 0.2) is 0 Å². The van der Waals surface area contributed by atoms with E-state index in [1.54, 1.807) is 5.57 Å². The van der Waals surface area contributed by atoms with Crippen molar-refractivity contribution in [3.05, 3.63) is 11.6 Å². The fourth-order valence-electron chi connectivity index (χ4n) is 3.76. The highest BCUT2D eigenvalue weighted by Gasteiger charge is 2.47. The van der Waals surface area contributed by atoms with Gasteiger partial charge in [0.05, 0.1) is 0 Å². The first-order valence-electron chi connectivity index (χ1n) is 6.30. The smallest absolute Gasteiger partial charge is 0.0109 e. The quantitative estimate of drug-likeness (QED) is 0.581. The Morgan fingerprint density at radius 2 is 1.93 bits per heavy atom. The van der Waals surface area contributed by atoms with E-state index in [1.807, 2.05) is 0 Å². The van der Waals surface area contributed by atoms with E-state index in [0.717, 1.165) is 17.8 Å². The van der Waals surface area contributed by atoms with Gasteiger partial charge in [0.1, 0.15) is 0 Å². The van der Waals surface area contributed by atoms with Crippen LogP contribution >= 0.6 is 0 Å². The molecule has 3 unspecified atom stereocenters. The van der Waals surface area contributed by atoms with Crippen molar-refractivity contribution in [1.82, 2.24) is 0 Å². The third-order valence-corrected chi connectivity index (χ3v) is 5.22. The van der Waals surface area contributed by atoms with Crippen LogP contribution in [0.4, 0.5) is 0 Å². The molecule has 0 aromatic carbocycles. The number of rotatable bonds is 3. The van der Waals surface area contributed by atoms with Gasteiger partial charge in [0.2, 0.25) is 0 Å². The van der Waals surface area contributed by atoms with Gasteiger partial charge < -0.3 is 0 Å². The third kappa shape index (κ3) is 1.26. The minimum atomic E-state index is 0.606. The minimum absolute atomic E-state index is 0.606. The van der Waals surface area contributed by atoms with E-state index in [-0.39, 0.29) is 0 Å². The Balaban J connectivity index is 2.16. The zero-order chi connectivity index (χ0) is 10.3. The number of fused-ring (bicyclic) bond motifs is 1. The lowest BCUT2D eigenvalue weighted by Crippen LogP contribution is -2.34. The summed E-state index contributed by atoms with van der Waals surface area (Å²) in [6.07, 6.45) is 8.15. The van der Waals surface area contributed by atoms with Gasteiger partial charge in [-0.05, 0) is 42.9 Å². The van der Waals surface area contributed by atoms with Crippen LogP contribution in [0.5, 0.6) is 0 Å². The van der Waals surface area contributed by atoms with Crippen molar-refractivity contribution in [2.45, 2.75) is 53.4 Å². The topological polar surface area (TPSA) is 0 Å². The van der Waals surface area contributed by atoms with E-state index in [1.165, 1.54) is 25.7 Å². The Bertz CT molecular complexity index is 245. The summed E-state index contributed by atoms with van der Waals surface area (Å²) in [7, 11) is 0. The highest BCUT2D eigenvalue weighted by Crippen LogP contribution is 2.57. The molecule has 0 spiro atoms. The van der Waals surface area contributed by atoms with Gasteiger partial charge in [-0.25, -0.2) is 0 Å². The van der Waals surface area contributed by atoms with Crippen LogP contribution in [0.15, 0.2) is 11.6 Å². The molecule has 0 N–H and O–H groups in total. The van der Waals surface area contributed by atoms with Crippen molar-refractivity contribution in [3.8, 4) is 0 Å². The van der Waals surface area contributed by atoms with Gasteiger partial charge in [0, 0.05) is 0 Å². The number of hydrogen-bond acceptors (Lipinski definition) is 0. The zero-order valence-corrected chi connectivity index (χ0v) is 10.1. The Morgan fingerprint density at radius 3 is 2.43 bits per heavy atom. The average Bonchev–Trinajstić information content (AvgIpc) is 2.54. The average molecular weight is 192 g/mol. The Kier molecular flexibility index (Phi) is 2.49. The maximum absolute atomic E-state index is 2.51. The van der Waals surface area contributed by atoms with Crippen molar-refractivity contribution in [3.63, 3.8) is 0 Å². The van der Waals surface area contributed by atoms with Gasteiger partial charge in [-0.15, -0.1) is 0 Å². The second-order valence-corrected chi connectivity index (χ2v) is 5.65. The molecule has 0 aromatic heterocycles. The first kappa shape index (κ1) is 10.3. The van der Waals surface area contributed by atoms with Gasteiger partial charge in [0.25, 0.3) is 0 Å². The number of allylic oxidation sites excluding steroid dienone is 2. The summed E-state index contributed by atoms with van der Waals surface area (Å²) in [5.41, 5.74) is 2.29. The second-order valence-electron chi connectivity index (χ2n) is 5.65. The fraction of sp³-hybridized carbons (Fsp3) is 0.857. The minimum Gasteiger partial charge on any atom is -0.0816 e. The van der Waals surface area contributed by atoms with Crippen LogP contribution in [0, 0.1) is 23.2 Å². The summed E-state index contributed by atoms with van der Waals surface area (Å²) in [5, 5.41) is 0. The van der Waals surface area contributed by atoms with Crippen molar-refractivity contribution in [2.24, 2.45) is 23.2 Å². The fourth-order valence-corrected chi connectivity index (χ4v) is 3.76. The predicted molar refractivity (Wildman–Crippen MR) is 62.2 cm³/mol. The molecule has 0 saturated heterocycles. The molecule has 1 saturated carbocycles. The van der Waals surface area contributed by atoms with E-state index in [4.69, 9.17) is 0 Å². The summed E-state index contributed by atoms with van der Waals surface area (Å²) >= 11 is 0. The van der Waals surface area contributed by atoms with Crippen LogP contribution in [-0.2, 0) is 0 Å². The van der Waals surface area contributed by atoms with Crippen LogP contribution in [0.3, 0.4) is 0 Å². The lowest BCUT2D eigenvalue weighted by molar-refractivity contribution is 0.127. The first-order valence-corrected chi connectivity index (χ1v) is 6.30. The summed E-state index contributed by atoms with van der Waals surface area (Å²) in [6, 6.07) is 0. The van der Waals surface area contributed by atoms with Gasteiger partial charge in [-0.1, -0.05) is 45.3 Å². The van der Waals surface area contributed by atoms with Crippen LogP contribution in [-0.4, -0.2) is 0 Å². The van der Waals surface area contributed by atoms with E-state index in [2.05, 4.69) is 33.8 Å². The van der Waals surface area contributed by atoms with Gasteiger partial charge in [-0.3, -0.25) is 0 Å². The molecule has 0 radical (unpaired) electrons. The predicted octanol–water partition coefficient (Wildman–Crippen LogP) is 4.42. The zero-order valence-electron chi connectivity index (χ0n) is 10.1. The Labute approximate surface area is 88.8 Å². The van der Waals surface area contributed by atoms with E-state index in [0.29, 0.717) is 5.41 Å². The standard InChI is InChI=1S/C14H24/c1-5-14(4,6-2)12-8-7-11-9-10(3)13(11)12/h9,11-13H,5-8H2,1-4H3. The molecule has 80 valence electrons.